The highest BCUT2D eigenvalue weighted by Crippen LogP contribution is 2.46. The van der Waals surface area contributed by atoms with Crippen LogP contribution in [0.5, 0.6) is 5.75 Å². The van der Waals surface area contributed by atoms with Crippen LogP contribution in [0.25, 0.3) is 22.2 Å². The molecule has 2 fully saturated rings. The average Bonchev–Trinajstić information content (AvgIpc) is 3.81. The number of aromatic carboxylic acids is 1. The van der Waals surface area contributed by atoms with Gasteiger partial charge < -0.3 is 19.1 Å². The van der Waals surface area contributed by atoms with Crippen LogP contribution < -0.4 is 4.74 Å². The number of carbonyl (C=O) groups is 1. The Kier molecular flexibility index (Phi) is 10.1. The minimum Gasteiger partial charge on any atom is -0.493 e. The van der Waals surface area contributed by atoms with Crippen molar-refractivity contribution in [2.75, 3.05) is 13.2 Å². The van der Waals surface area contributed by atoms with Gasteiger partial charge in [-0.15, -0.1) is 0 Å². The van der Waals surface area contributed by atoms with Gasteiger partial charge in [0.2, 0.25) is 0 Å². The first-order valence-corrected chi connectivity index (χ1v) is 16.9. The quantitative estimate of drug-likeness (QED) is 0.132. The van der Waals surface area contributed by atoms with E-state index in [1.165, 1.54) is 18.6 Å². The fraction of sp³-hybridized carbons (Fsp3) is 0.486. The number of rotatable bonds is 14. The average molecular weight is 671 g/mol. The highest BCUT2D eigenvalue weighted by Gasteiger charge is 2.35. The van der Waals surface area contributed by atoms with E-state index in [-0.39, 0.29) is 16.6 Å². The zero-order valence-corrected chi connectivity index (χ0v) is 27.4. The summed E-state index contributed by atoms with van der Waals surface area (Å²) in [6, 6.07) is 4.67. The molecule has 11 heteroatoms. The first kappa shape index (κ1) is 32.7. The Labute approximate surface area is 277 Å². The van der Waals surface area contributed by atoms with Gasteiger partial charge in [-0.05, 0) is 62.6 Å². The van der Waals surface area contributed by atoms with E-state index in [1.807, 2.05) is 6.92 Å². The van der Waals surface area contributed by atoms with E-state index in [1.54, 1.807) is 18.5 Å². The number of aromatic nitrogens is 3. The SMILES string of the molecule is CCCc1cc(C(=O)O)nc2c(F)cc(OCC3(CCCOCc4c(-c5c(Cl)cncc5Cl)noc4C4CC4)CCCCC3)cc12. The molecule has 6 rings (SSSR count). The van der Waals surface area contributed by atoms with Crippen LogP contribution in [-0.4, -0.2) is 39.4 Å². The lowest BCUT2D eigenvalue weighted by molar-refractivity contribution is 0.0614. The summed E-state index contributed by atoms with van der Waals surface area (Å²) >= 11 is 12.9. The van der Waals surface area contributed by atoms with Crippen molar-refractivity contribution in [3.05, 3.63) is 69.0 Å². The standard InChI is InChI=1S/C35H38Cl2FN3O5/c1-2-7-22-14-29(34(42)43)40-31-24(22)15-23(16-28(31)38)45-20-35(10-4-3-5-11-35)12-6-13-44-19-25-32(41-46-33(25)21-8-9-21)30-26(36)17-39-18-27(30)37/h14-18,21H,2-13,19-20H2,1H3,(H,42,43). The maximum absolute atomic E-state index is 15.3. The lowest BCUT2D eigenvalue weighted by Crippen LogP contribution is -2.31. The predicted octanol–water partition coefficient (Wildman–Crippen LogP) is 9.59. The summed E-state index contributed by atoms with van der Waals surface area (Å²) in [5.41, 5.74) is 2.73. The van der Waals surface area contributed by atoms with Gasteiger partial charge in [-0.3, -0.25) is 4.98 Å². The van der Waals surface area contributed by atoms with E-state index < -0.39 is 11.8 Å². The van der Waals surface area contributed by atoms with Gasteiger partial charge in [0.05, 0.1) is 23.3 Å². The second-order valence-electron chi connectivity index (χ2n) is 12.7. The van der Waals surface area contributed by atoms with Gasteiger partial charge >= 0.3 is 5.97 Å². The molecular weight excluding hydrogens is 632 g/mol. The van der Waals surface area contributed by atoms with E-state index in [4.69, 9.17) is 37.2 Å². The summed E-state index contributed by atoms with van der Waals surface area (Å²) in [4.78, 5) is 19.7. The maximum atomic E-state index is 15.3. The molecule has 0 amide bonds. The molecule has 0 saturated heterocycles. The van der Waals surface area contributed by atoms with Gasteiger partial charge in [0, 0.05) is 52.9 Å². The molecule has 3 aromatic heterocycles. The highest BCUT2D eigenvalue weighted by atomic mass is 35.5. The van der Waals surface area contributed by atoms with Gasteiger partial charge in [0.1, 0.15) is 28.4 Å². The monoisotopic (exact) mass is 669 g/mol. The predicted molar refractivity (Wildman–Crippen MR) is 174 cm³/mol. The molecule has 2 aliphatic carbocycles. The third-order valence-corrected chi connectivity index (χ3v) is 9.80. The number of nitrogens with zero attached hydrogens (tertiary/aromatic N) is 3. The lowest BCUT2D eigenvalue weighted by atomic mass is 9.72. The molecule has 8 nitrogen and oxygen atoms in total. The van der Waals surface area contributed by atoms with Crippen molar-refractivity contribution in [2.45, 2.75) is 90.1 Å². The fourth-order valence-electron chi connectivity index (χ4n) is 6.69. The zero-order chi connectivity index (χ0) is 32.3. The summed E-state index contributed by atoms with van der Waals surface area (Å²) in [6.07, 6.45) is 13.9. The number of hydrogen-bond acceptors (Lipinski definition) is 7. The van der Waals surface area contributed by atoms with Crippen molar-refractivity contribution < 1.29 is 28.3 Å². The summed E-state index contributed by atoms with van der Waals surface area (Å²) < 4.78 is 33.6. The van der Waals surface area contributed by atoms with Gasteiger partial charge in [-0.25, -0.2) is 14.2 Å². The fourth-order valence-corrected chi connectivity index (χ4v) is 7.23. The number of hydrogen-bond donors (Lipinski definition) is 1. The van der Waals surface area contributed by atoms with Gasteiger partial charge in [-0.1, -0.05) is 61.0 Å². The van der Waals surface area contributed by atoms with E-state index in [9.17, 15) is 9.90 Å². The molecule has 0 bridgehead atoms. The van der Waals surface area contributed by atoms with Crippen LogP contribution in [0, 0.1) is 11.2 Å². The molecule has 0 radical (unpaired) electrons. The topological polar surface area (TPSA) is 108 Å². The Morgan fingerprint density at radius 1 is 1.13 bits per heavy atom. The van der Waals surface area contributed by atoms with Crippen LogP contribution in [0.2, 0.25) is 10.0 Å². The molecule has 4 aromatic rings. The molecule has 2 saturated carbocycles. The largest absolute Gasteiger partial charge is 0.493 e. The molecule has 46 heavy (non-hydrogen) atoms. The van der Waals surface area contributed by atoms with Gasteiger partial charge in [0.15, 0.2) is 5.82 Å². The van der Waals surface area contributed by atoms with Crippen LogP contribution in [0.3, 0.4) is 0 Å². The second-order valence-corrected chi connectivity index (χ2v) is 13.5. The van der Waals surface area contributed by atoms with Crippen molar-refractivity contribution in [3.8, 4) is 17.0 Å². The van der Waals surface area contributed by atoms with Crippen LogP contribution in [0.1, 0.15) is 104 Å². The number of halogens is 3. The first-order valence-electron chi connectivity index (χ1n) is 16.1. The Balaban J connectivity index is 1.12. The Morgan fingerprint density at radius 2 is 1.89 bits per heavy atom. The van der Waals surface area contributed by atoms with Crippen LogP contribution in [-0.2, 0) is 17.8 Å². The normalized spacial score (nSPS) is 16.2. The van der Waals surface area contributed by atoms with Crippen LogP contribution in [0.4, 0.5) is 4.39 Å². The first-order chi connectivity index (χ1) is 22.3. The van der Waals surface area contributed by atoms with E-state index in [2.05, 4.69) is 15.1 Å². The summed E-state index contributed by atoms with van der Waals surface area (Å²) in [6.45, 7) is 3.37. The third-order valence-electron chi connectivity index (χ3n) is 9.22. The molecular formula is C35H38Cl2FN3O5. The maximum Gasteiger partial charge on any atom is 0.354 e. The number of ether oxygens (including phenoxy) is 2. The number of carboxylic acids is 1. The molecule has 1 aromatic carbocycles. The number of fused-ring (bicyclic) bond motifs is 1. The number of aryl methyl sites for hydroxylation is 1. The van der Waals surface area contributed by atoms with Crippen LogP contribution >= 0.6 is 23.2 Å². The Hall–Kier alpha value is -3.27. The number of pyridine rings is 2. The summed E-state index contributed by atoms with van der Waals surface area (Å²) in [5, 5.41) is 15.2. The van der Waals surface area contributed by atoms with Crippen molar-refractivity contribution in [1.82, 2.24) is 15.1 Å². The van der Waals surface area contributed by atoms with E-state index >= 15 is 4.39 Å². The summed E-state index contributed by atoms with van der Waals surface area (Å²) in [7, 11) is 0. The Bertz CT molecular complexity index is 1700. The molecule has 0 spiro atoms. The third kappa shape index (κ3) is 7.16. The number of carboxylic acid groups (broad SMARTS) is 1. The molecule has 0 unspecified atom stereocenters. The Morgan fingerprint density at radius 3 is 2.59 bits per heavy atom. The second kappa shape index (κ2) is 14.2. The van der Waals surface area contributed by atoms with Crippen molar-refractivity contribution in [1.29, 1.82) is 0 Å². The van der Waals surface area contributed by atoms with Crippen molar-refractivity contribution in [3.63, 3.8) is 0 Å². The van der Waals surface area contributed by atoms with E-state index in [0.29, 0.717) is 64.6 Å². The summed E-state index contributed by atoms with van der Waals surface area (Å²) in [5.74, 6) is -0.124. The molecule has 1 N–H and O–H groups in total. The minimum atomic E-state index is -1.17. The van der Waals surface area contributed by atoms with Crippen molar-refractivity contribution >= 4 is 40.1 Å². The minimum absolute atomic E-state index is 0.0374. The number of benzene rings is 1. The lowest BCUT2D eigenvalue weighted by Gasteiger charge is -2.37. The molecule has 0 aliphatic heterocycles. The molecule has 3 heterocycles. The van der Waals surface area contributed by atoms with E-state index in [0.717, 1.165) is 74.7 Å². The van der Waals surface area contributed by atoms with Crippen molar-refractivity contribution in [2.24, 2.45) is 5.41 Å². The van der Waals surface area contributed by atoms with Crippen LogP contribution in [0.15, 0.2) is 35.1 Å². The van der Waals surface area contributed by atoms with Gasteiger partial charge in [-0.2, -0.15) is 0 Å². The molecule has 244 valence electrons. The zero-order valence-electron chi connectivity index (χ0n) is 25.9. The molecule has 0 atom stereocenters. The van der Waals surface area contributed by atoms with Gasteiger partial charge in [0.25, 0.3) is 0 Å². The smallest absolute Gasteiger partial charge is 0.354 e. The molecule has 2 aliphatic rings. The highest BCUT2D eigenvalue weighted by molar-refractivity contribution is 6.38.